The molecule has 0 saturated heterocycles. The SMILES string of the molecule is CCOc1ccc(/C=C/C(=O)c2cccs2)cc1. The summed E-state index contributed by atoms with van der Waals surface area (Å²) in [7, 11) is 0. The van der Waals surface area contributed by atoms with E-state index in [1.165, 1.54) is 11.3 Å². The summed E-state index contributed by atoms with van der Waals surface area (Å²) in [4.78, 5) is 12.5. The molecule has 18 heavy (non-hydrogen) atoms. The van der Waals surface area contributed by atoms with E-state index < -0.39 is 0 Å². The Labute approximate surface area is 111 Å². The van der Waals surface area contributed by atoms with E-state index in [2.05, 4.69) is 0 Å². The Kier molecular flexibility index (Phi) is 4.31. The highest BCUT2D eigenvalue weighted by Crippen LogP contribution is 2.14. The second kappa shape index (κ2) is 6.17. The lowest BCUT2D eigenvalue weighted by molar-refractivity contribution is 0.105. The zero-order valence-corrected chi connectivity index (χ0v) is 10.9. The van der Waals surface area contributed by atoms with E-state index in [9.17, 15) is 4.79 Å². The highest BCUT2D eigenvalue weighted by Gasteiger charge is 2.01. The first-order chi connectivity index (χ1) is 8.79. The monoisotopic (exact) mass is 258 g/mol. The van der Waals surface area contributed by atoms with E-state index >= 15 is 0 Å². The molecular weight excluding hydrogens is 244 g/mol. The number of carbonyl (C=O) groups excluding carboxylic acids is 1. The third-order valence-corrected chi connectivity index (χ3v) is 3.27. The first-order valence-corrected chi connectivity index (χ1v) is 6.66. The standard InChI is InChI=1S/C15H14O2S/c1-2-17-13-8-5-12(6-9-13)7-10-14(16)15-4-3-11-18-15/h3-11H,2H2,1H3/b10-7+. The summed E-state index contributed by atoms with van der Waals surface area (Å²) in [6.07, 6.45) is 3.42. The molecular formula is C15H14O2S. The highest BCUT2D eigenvalue weighted by atomic mass is 32.1. The molecule has 2 nitrogen and oxygen atoms in total. The number of ketones is 1. The van der Waals surface area contributed by atoms with Crippen molar-refractivity contribution >= 4 is 23.2 Å². The first-order valence-electron chi connectivity index (χ1n) is 5.78. The predicted octanol–water partition coefficient (Wildman–Crippen LogP) is 4.04. The maximum absolute atomic E-state index is 11.7. The number of hydrogen-bond acceptors (Lipinski definition) is 3. The predicted molar refractivity (Wildman–Crippen MR) is 75.3 cm³/mol. The average Bonchev–Trinajstić information content (AvgIpc) is 2.92. The maximum atomic E-state index is 11.7. The molecule has 0 amide bonds. The van der Waals surface area contributed by atoms with Crippen molar-refractivity contribution in [2.24, 2.45) is 0 Å². The second-order valence-corrected chi connectivity index (χ2v) is 4.62. The Balaban J connectivity index is 2.02. The lowest BCUT2D eigenvalue weighted by atomic mass is 10.2. The van der Waals surface area contributed by atoms with Crippen LogP contribution in [0.15, 0.2) is 47.9 Å². The van der Waals surface area contributed by atoms with Gasteiger partial charge in [-0.3, -0.25) is 4.79 Å². The normalized spacial score (nSPS) is 10.7. The van der Waals surface area contributed by atoms with Gasteiger partial charge < -0.3 is 4.74 Å². The third kappa shape index (κ3) is 3.31. The van der Waals surface area contributed by atoms with Crippen LogP contribution in [-0.4, -0.2) is 12.4 Å². The van der Waals surface area contributed by atoms with Crippen LogP contribution in [0.1, 0.15) is 22.2 Å². The van der Waals surface area contributed by atoms with Crippen LogP contribution in [0.5, 0.6) is 5.75 Å². The third-order valence-electron chi connectivity index (χ3n) is 2.38. The van der Waals surface area contributed by atoms with Gasteiger partial charge in [0.2, 0.25) is 0 Å². The van der Waals surface area contributed by atoms with Crippen molar-refractivity contribution in [2.45, 2.75) is 6.92 Å². The Bertz CT molecular complexity index is 524. The van der Waals surface area contributed by atoms with Gasteiger partial charge in [-0.05, 0) is 42.1 Å². The lowest BCUT2D eigenvalue weighted by Gasteiger charge is -2.02. The minimum absolute atomic E-state index is 0.0406. The molecule has 0 radical (unpaired) electrons. The Morgan fingerprint density at radius 2 is 2.06 bits per heavy atom. The number of benzene rings is 1. The summed E-state index contributed by atoms with van der Waals surface area (Å²) in [6.45, 7) is 2.61. The van der Waals surface area contributed by atoms with Crippen molar-refractivity contribution in [1.82, 2.24) is 0 Å². The number of thiophene rings is 1. The quantitative estimate of drug-likeness (QED) is 0.597. The van der Waals surface area contributed by atoms with Gasteiger partial charge in [0.25, 0.3) is 0 Å². The van der Waals surface area contributed by atoms with Gasteiger partial charge in [0.1, 0.15) is 5.75 Å². The minimum atomic E-state index is 0.0406. The molecule has 0 spiro atoms. The molecule has 2 aromatic rings. The molecule has 92 valence electrons. The summed E-state index contributed by atoms with van der Waals surface area (Å²) in [6, 6.07) is 11.4. The molecule has 0 bridgehead atoms. The molecule has 2 rings (SSSR count). The lowest BCUT2D eigenvalue weighted by Crippen LogP contribution is -1.91. The zero-order chi connectivity index (χ0) is 12.8. The summed E-state index contributed by atoms with van der Waals surface area (Å²) >= 11 is 1.45. The van der Waals surface area contributed by atoms with Gasteiger partial charge in [0.15, 0.2) is 5.78 Å². The van der Waals surface area contributed by atoms with Gasteiger partial charge in [-0.2, -0.15) is 0 Å². The number of ether oxygens (including phenoxy) is 1. The first kappa shape index (κ1) is 12.6. The van der Waals surface area contributed by atoms with Gasteiger partial charge in [0.05, 0.1) is 11.5 Å². The van der Waals surface area contributed by atoms with Gasteiger partial charge in [-0.15, -0.1) is 11.3 Å². The summed E-state index contributed by atoms with van der Waals surface area (Å²) in [5, 5.41) is 1.90. The van der Waals surface area contributed by atoms with Gasteiger partial charge in [-0.1, -0.05) is 24.3 Å². The van der Waals surface area contributed by atoms with Crippen molar-refractivity contribution in [2.75, 3.05) is 6.61 Å². The average molecular weight is 258 g/mol. The van der Waals surface area contributed by atoms with Crippen LogP contribution in [-0.2, 0) is 0 Å². The van der Waals surface area contributed by atoms with Crippen LogP contribution < -0.4 is 4.74 Å². The highest BCUT2D eigenvalue weighted by molar-refractivity contribution is 7.12. The van der Waals surface area contributed by atoms with E-state index in [0.29, 0.717) is 6.61 Å². The zero-order valence-electron chi connectivity index (χ0n) is 10.1. The molecule has 0 aliphatic carbocycles. The molecule has 0 aliphatic rings. The molecule has 0 aliphatic heterocycles. The summed E-state index contributed by atoms with van der Waals surface area (Å²) in [5.74, 6) is 0.887. The van der Waals surface area contributed by atoms with E-state index in [1.807, 2.05) is 54.8 Å². The van der Waals surface area contributed by atoms with Crippen molar-refractivity contribution < 1.29 is 9.53 Å². The fourth-order valence-electron chi connectivity index (χ4n) is 1.51. The molecule has 0 atom stereocenters. The molecule has 3 heteroatoms. The Hall–Kier alpha value is -1.87. The van der Waals surface area contributed by atoms with Gasteiger partial charge in [0, 0.05) is 0 Å². The van der Waals surface area contributed by atoms with Crippen LogP contribution in [0.4, 0.5) is 0 Å². The van der Waals surface area contributed by atoms with Crippen molar-refractivity contribution in [3.05, 3.63) is 58.3 Å². The van der Waals surface area contributed by atoms with E-state index in [4.69, 9.17) is 4.74 Å². The van der Waals surface area contributed by atoms with Crippen molar-refractivity contribution in [3.63, 3.8) is 0 Å². The number of rotatable bonds is 5. The second-order valence-electron chi connectivity index (χ2n) is 3.68. The fraction of sp³-hybridized carbons (Fsp3) is 0.133. The van der Waals surface area contributed by atoms with E-state index in [0.717, 1.165) is 16.2 Å². The van der Waals surface area contributed by atoms with Crippen LogP contribution in [0.3, 0.4) is 0 Å². The molecule has 0 N–H and O–H groups in total. The fourth-order valence-corrected chi connectivity index (χ4v) is 2.16. The van der Waals surface area contributed by atoms with Gasteiger partial charge >= 0.3 is 0 Å². The molecule has 1 aromatic carbocycles. The molecule has 0 saturated carbocycles. The van der Waals surface area contributed by atoms with Gasteiger partial charge in [-0.25, -0.2) is 0 Å². The van der Waals surface area contributed by atoms with Crippen molar-refractivity contribution in [3.8, 4) is 5.75 Å². The smallest absolute Gasteiger partial charge is 0.195 e. The Morgan fingerprint density at radius 1 is 1.28 bits per heavy atom. The maximum Gasteiger partial charge on any atom is 0.195 e. The van der Waals surface area contributed by atoms with Crippen LogP contribution in [0, 0.1) is 0 Å². The molecule has 0 unspecified atom stereocenters. The van der Waals surface area contributed by atoms with Crippen LogP contribution in [0.25, 0.3) is 6.08 Å². The minimum Gasteiger partial charge on any atom is -0.494 e. The van der Waals surface area contributed by atoms with E-state index in [1.54, 1.807) is 6.08 Å². The number of carbonyl (C=O) groups is 1. The topological polar surface area (TPSA) is 26.3 Å². The largest absolute Gasteiger partial charge is 0.494 e. The van der Waals surface area contributed by atoms with Crippen molar-refractivity contribution in [1.29, 1.82) is 0 Å². The molecule has 0 fully saturated rings. The summed E-state index contributed by atoms with van der Waals surface area (Å²) in [5.41, 5.74) is 0.989. The number of allylic oxidation sites excluding steroid dienone is 1. The van der Waals surface area contributed by atoms with Crippen LogP contribution in [0.2, 0.25) is 0 Å². The van der Waals surface area contributed by atoms with E-state index in [-0.39, 0.29) is 5.78 Å². The summed E-state index contributed by atoms with van der Waals surface area (Å²) < 4.78 is 5.36. The molecule has 1 aromatic heterocycles. The van der Waals surface area contributed by atoms with Crippen LogP contribution >= 0.6 is 11.3 Å². The molecule has 1 heterocycles. The number of hydrogen-bond donors (Lipinski definition) is 0. The Morgan fingerprint density at radius 3 is 2.67 bits per heavy atom.